The zero-order valence-corrected chi connectivity index (χ0v) is 4.42. The van der Waals surface area contributed by atoms with Crippen molar-refractivity contribution in [2.75, 3.05) is 0 Å². The van der Waals surface area contributed by atoms with Crippen LogP contribution < -0.4 is 0 Å². The lowest BCUT2D eigenvalue weighted by Gasteiger charge is -1.83. The van der Waals surface area contributed by atoms with Gasteiger partial charge < -0.3 is 19.7 Å². The lowest BCUT2D eigenvalue weighted by molar-refractivity contribution is -0.122. The van der Waals surface area contributed by atoms with E-state index in [1.165, 1.54) is 0 Å². The molecule has 0 aliphatic rings. The highest BCUT2D eigenvalue weighted by Gasteiger charge is 1.42. The lowest BCUT2D eigenvalue weighted by Crippen LogP contribution is -1.75. The van der Waals surface area contributed by atoms with Crippen LogP contribution in [-0.4, -0.2) is 30.4 Å². The first-order valence-corrected chi connectivity index (χ1v) is 2.04. The third-order valence-corrected chi connectivity index (χ3v) is 0. The van der Waals surface area contributed by atoms with Crippen molar-refractivity contribution in [3.63, 3.8) is 0 Å². The number of carboxylic acid groups (broad SMARTS) is 1. The van der Waals surface area contributed by atoms with Gasteiger partial charge in [-0.1, -0.05) is 0 Å². The second kappa shape index (κ2) is 16.1. The first kappa shape index (κ1) is 15.6. The molecule has 0 aliphatic heterocycles. The van der Waals surface area contributed by atoms with Gasteiger partial charge in [0, 0.05) is 0 Å². The minimum Gasteiger partial charge on any atom is -0.750 e. The monoisotopic (exact) mass is 145 g/mol. The van der Waals surface area contributed by atoms with Crippen LogP contribution in [0.4, 0.5) is 0 Å². The van der Waals surface area contributed by atoms with Gasteiger partial charge in [0.15, 0.2) is 0 Å². The second-order valence-electron chi connectivity index (χ2n) is 0.323. The Morgan fingerprint density at radius 3 is 1.62 bits per heavy atom. The van der Waals surface area contributed by atoms with Crippen molar-refractivity contribution < 1.29 is 28.7 Å². The minimum atomic E-state index is -2.86. The number of carbonyl (C=O) groups is 1. The fourth-order valence-electron chi connectivity index (χ4n) is 0. The molecule has 0 rings (SSSR count). The SMILES string of the molecule is O.O=CO.O=S([O-])O. The van der Waals surface area contributed by atoms with Crippen molar-refractivity contribution in [2.24, 2.45) is 0 Å². The molecule has 0 radical (unpaired) electrons. The van der Waals surface area contributed by atoms with Crippen molar-refractivity contribution in [1.29, 1.82) is 0 Å². The maximum Gasteiger partial charge on any atom is 0.290 e. The summed E-state index contributed by atoms with van der Waals surface area (Å²) in [6, 6.07) is 0. The summed E-state index contributed by atoms with van der Waals surface area (Å²) in [6.07, 6.45) is 0. The van der Waals surface area contributed by atoms with E-state index in [1.54, 1.807) is 0 Å². The predicted molar refractivity (Wildman–Crippen MR) is 23.9 cm³/mol. The molecule has 0 aromatic carbocycles. The highest BCUT2D eigenvalue weighted by molar-refractivity contribution is 7.73. The molecular formula is CH5O6S-. The molecule has 0 bridgehead atoms. The summed E-state index contributed by atoms with van der Waals surface area (Å²) in [4.78, 5) is 8.36. The molecule has 6 nitrogen and oxygen atoms in total. The number of hydrogen-bond donors (Lipinski definition) is 2. The van der Waals surface area contributed by atoms with E-state index in [4.69, 9.17) is 23.2 Å². The van der Waals surface area contributed by atoms with Gasteiger partial charge in [0.05, 0.1) is 11.4 Å². The molecule has 0 amide bonds. The zero-order valence-electron chi connectivity index (χ0n) is 3.60. The predicted octanol–water partition coefficient (Wildman–Crippen LogP) is -1.79. The fraction of sp³-hybridized carbons (Fsp3) is 0. The van der Waals surface area contributed by atoms with E-state index in [0.717, 1.165) is 0 Å². The molecule has 7 heteroatoms. The summed E-state index contributed by atoms with van der Waals surface area (Å²) >= 11 is -2.86. The Bertz CT molecular complexity index is 55.5. The maximum atomic E-state index is 8.56. The summed E-state index contributed by atoms with van der Waals surface area (Å²) in [5, 5.41) is 6.89. The molecule has 4 N–H and O–H groups in total. The quantitative estimate of drug-likeness (QED) is 0.307. The summed E-state index contributed by atoms with van der Waals surface area (Å²) in [5.41, 5.74) is 0. The largest absolute Gasteiger partial charge is 0.750 e. The van der Waals surface area contributed by atoms with Crippen LogP contribution in [0.25, 0.3) is 0 Å². The van der Waals surface area contributed by atoms with Gasteiger partial charge in [-0.05, 0) is 0 Å². The summed E-state index contributed by atoms with van der Waals surface area (Å²) < 4.78 is 24.1. The van der Waals surface area contributed by atoms with Gasteiger partial charge in [0.1, 0.15) is 0 Å². The van der Waals surface area contributed by atoms with E-state index >= 15 is 0 Å². The van der Waals surface area contributed by atoms with Gasteiger partial charge in [-0.15, -0.1) is 0 Å². The van der Waals surface area contributed by atoms with E-state index in [1.807, 2.05) is 0 Å². The third-order valence-electron chi connectivity index (χ3n) is 0. The van der Waals surface area contributed by atoms with Crippen LogP contribution in [0.5, 0.6) is 0 Å². The molecule has 0 aliphatic carbocycles. The fourth-order valence-corrected chi connectivity index (χ4v) is 0. The average Bonchev–Trinajstić information content (AvgIpc) is 1.33. The van der Waals surface area contributed by atoms with Crippen molar-refractivity contribution in [3.8, 4) is 0 Å². The Hall–Kier alpha value is -0.500. The van der Waals surface area contributed by atoms with Gasteiger partial charge >= 0.3 is 0 Å². The molecule has 0 saturated heterocycles. The topological polar surface area (TPSA) is 129 Å². The van der Waals surface area contributed by atoms with Crippen LogP contribution in [0.3, 0.4) is 0 Å². The summed E-state index contributed by atoms with van der Waals surface area (Å²) in [5.74, 6) is 0. The van der Waals surface area contributed by atoms with Crippen molar-refractivity contribution in [3.05, 3.63) is 0 Å². The molecule has 0 aromatic rings. The second-order valence-corrected chi connectivity index (χ2v) is 0.757. The van der Waals surface area contributed by atoms with Crippen LogP contribution in [-0.2, 0) is 16.2 Å². The number of rotatable bonds is 0. The molecule has 0 saturated carbocycles. The zero-order chi connectivity index (χ0) is 6.28. The van der Waals surface area contributed by atoms with Gasteiger partial charge in [-0.3, -0.25) is 4.79 Å². The Balaban J connectivity index is -0.0000000575. The van der Waals surface area contributed by atoms with Crippen molar-refractivity contribution in [2.45, 2.75) is 0 Å². The molecule has 1 atom stereocenters. The number of hydrogen-bond acceptors (Lipinski definition) is 3. The first-order valence-electron chi connectivity index (χ1n) is 1.01. The van der Waals surface area contributed by atoms with Crippen LogP contribution in [0.2, 0.25) is 0 Å². The van der Waals surface area contributed by atoms with Crippen LogP contribution in [0, 0.1) is 0 Å². The standard InChI is InChI=1S/CH2O2.H2O3S.H2O/c2-1-3;1-4(2)3;/h1H,(H,2,3);(H2,1,2,3);1H2/p-1. The first-order chi connectivity index (χ1) is 3.15. The van der Waals surface area contributed by atoms with Crippen LogP contribution in [0.15, 0.2) is 0 Å². The molecule has 0 fully saturated rings. The molecule has 8 heavy (non-hydrogen) atoms. The molecule has 0 heterocycles. The minimum absolute atomic E-state index is 0. The third kappa shape index (κ3) is 446. The maximum absolute atomic E-state index is 8.56. The average molecular weight is 145 g/mol. The van der Waals surface area contributed by atoms with Gasteiger partial charge in [-0.2, -0.15) is 0 Å². The van der Waals surface area contributed by atoms with Gasteiger partial charge in [0.2, 0.25) is 0 Å². The van der Waals surface area contributed by atoms with E-state index in [0.29, 0.717) is 0 Å². The Morgan fingerprint density at radius 1 is 1.62 bits per heavy atom. The van der Waals surface area contributed by atoms with Crippen molar-refractivity contribution in [1.82, 2.24) is 0 Å². The van der Waals surface area contributed by atoms with E-state index < -0.39 is 11.4 Å². The van der Waals surface area contributed by atoms with Gasteiger partial charge in [-0.25, -0.2) is 4.21 Å². The molecular weight excluding hydrogens is 140 g/mol. The van der Waals surface area contributed by atoms with Gasteiger partial charge in [0.25, 0.3) is 6.47 Å². The van der Waals surface area contributed by atoms with Crippen LogP contribution >= 0.6 is 0 Å². The van der Waals surface area contributed by atoms with E-state index in [9.17, 15) is 0 Å². The Kier molecular flexibility index (Phi) is 31.4. The molecule has 0 aromatic heterocycles. The van der Waals surface area contributed by atoms with E-state index in [-0.39, 0.29) is 11.9 Å². The summed E-state index contributed by atoms with van der Waals surface area (Å²) in [7, 11) is 0. The smallest absolute Gasteiger partial charge is 0.290 e. The molecule has 1 unspecified atom stereocenters. The lowest BCUT2D eigenvalue weighted by atomic mass is 11.7. The highest BCUT2D eigenvalue weighted by Crippen LogP contribution is 1.43. The Morgan fingerprint density at radius 2 is 1.62 bits per heavy atom. The summed E-state index contributed by atoms with van der Waals surface area (Å²) in [6.45, 7) is -0.250. The normalized spacial score (nSPS) is 9.25. The Labute approximate surface area is 47.6 Å². The van der Waals surface area contributed by atoms with Crippen LogP contribution in [0.1, 0.15) is 0 Å². The van der Waals surface area contributed by atoms with Crippen molar-refractivity contribution >= 4 is 17.8 Å². The molecule has 52 valence electrons. The molecule has 0 spiro atoms. The highest BCUT2D eigenvalue weighted by atomic mass is 32.2. The van der Waals surface area contributed by atoms with E-state index in [2.05, 4.69) is 0 Å².